The summed E-state index contributed by atoms with van der Waals surface area (Å²) in [7, 11) is 3.72. The maximum absolute atomic E-state index is 12.9. The van der Waals surface area contributed by atoms with Crippen molar-refractivity contribution in [3.8, 4) is 0 Å². The van der Waals surface area contributed by atoms with Gasteiger partial charge in [0.2, 0.25) is 11.7 Å². The average Bonchev–Trinajstić information content (AvgIpc) is 3.11. The van der Waals surface area contributed by atoms with Crippen molar-refractivity contribution in [3.63, 3.8) is 0 Å². The van der Waals surface area contributed by atoms with Crippen molar-refractivity contribution < 1.29 is 9.59 Å². The van der Waals surface area contributed by atoms with E-state index < -0.39 is 0 Å². The van der Waals surface area contributed by atoms with Crippen molar-refractivity contribution in [2.45, 2.75) is 12.8 Å². The molecule has 1 heterocycles. The molecule has 1 N–H and O–H groups in total. The average molecular weight is 379 g/mol. The van der Waals surface area contributed by atoms with Crippen LogP contribution in [0.1, 0.15) is 27.2 Å². The Morgan fingerprint density at radius 1 is 1.00 bits per heavy atom. The van der Waals surface area contributed by atoms with Crippen LogP contribution in [-0.2, 0) is 11.2 Å². The minimum Gasteiger partial charge on any atom is -0.354 e. The lowest BCUT2D eigenvalue weighted by Gasteiger charge is -2.06. The first-order valence-electron chi connectivity index (χ1n) is 8.66. The van der Waals surface area contributed by atoms with E-state index >= 15 is 0 Å². The van der Waals surface area contributed by atoms with E-state index in [-0.39, 0.29) is 11.7 Å². The molecule has 2 aromatic carbocycles. The van der Waals surface area contributed by atoms with Gasteiger partial charge in [0.1, 0.15) is 4.88 Å². The summed E-state index contributed by atoms with van der Waals surface area (Å²) >= 11 is 1.28. The molecular formula is C21H21N3O2S. The predicted octanol–water partition coefficient (Wildman–Crippen LogP) is 4.01. The molecule has 6 heteroatoms. The van der Waals surface area contributed by atoms with Gasteiger partial charge in [-0.25, -0.2) is 4.98 Å². The summed E-state index contributed by atoms with van der Waals surface area (Å²) in [5.41, 5.74) is 1.67. The third kappa shape index (κ3) is 4.80. The number of rotatable bonds is 7. The SMILES string of the molecule is CN(C)c1nc(NC(=O)CCc2ccccc2)c(C(=O)c2ccccc2)s1. The molecule has 0 bridgehead atoms. The van der Waals surface area contributed by atoms with Crippen LogP contribution in [0.5, 0.6) is 0 Å². The summed E-state index contributed by atoms with van der Waals surface area (Å²) in [5.74, 6) is 0.0340. The molecule has 1 amide bonds. The lowest BCUT2D eigenvalue weighted by Crippen LogP contribution is -2.15. The maximum Gasteiger partial charge on any atom is 0.225 e. The van der Waals surface area contributed by atoms with E-state index in [1.807, 2.05) is 67.5 Å². The highest BCUT2D eigenvalue weighted by atomic mass is 32.1. The molecule has 0 spiro atoms. The van der Waals surface area contributed by atoms with Crippen molar-refractivity contribution in [1.82, 2.24) is 4.98 Å². The van der Waals surface area contributed by atoms with Crippen LogP contribution in [0.2, 0.25) is 0 Å². The van der Waals surface area contributed by atoms with E-state index in [0.717, 1.165) is 5.56 Å². The molecule has 3 rings (SSSR count). The van der Waals surface area contributed by atoms with Gasteiger partial charge in [-0.3, -0.25) is 9.59 Å². The summed E-state index contributed by atoms with van der Waals surface area (Å²) in [5, 5.41) is 3.49. The molecule has 0 saturated carbocycles. The number of amides is 1. The number of hydrogen-bond acceptors (Lipinski definition) is 5. The standard InChI is InChI=1S/C21H21N3O2S/c1-24(2)21-23-20(19(27-21)18(26)16-11-7-4-8-12-16)22-17(25)14-13-15-9-5-3-6-10-15/h3-12H,13-14H2,1-2H3,(H,22,25). The lowest BCUT2D eigenvalue weighted by atomic mass is 10.1. The van der Waals surface area contributed by atoms with Crippen molar-refractivity contribution in [1.29, 1.82) is 0 Å². The topological polar surface area (TPSA) is 62.3 Å². The summed E-state index contributed by atoms with van der Waals surface area (Å²) in [6.45, 7) is 0. The zero-order valence-corrected chi connectivity index (χ0v) is 16.1. The van der Waals surface area contributed by atoms with Crippen LogP contribution >= 0.6 is 11.3 Å². The Bertz CT molecular complexity index is 921. The van der Waals surface area contributed by atoms with E-state index in [2.05, 4.69) is 10.3 Å². The highest BCUT2D eigenvalue weighted by Gasteiger charge is 2.21. The van der Waals surface area contributed by atoms with Crippen LogP contribution in [-0.4, -0.2) is 30.8 Å². The minimum atomic E-state index is -0.156. The third-order valence-corrected chi connectivity index (χ3v) is 5.20. The molecule has 0 atom stereocenters. The normalized spacial score (nSPS) is 10.4. The Morgan fingerprint density at radius 2 is 1.63 bits per heavy atom. The lowest BCUT2D eigenvalue weighted by molar-refractivity contribution is -0.116. The Labute approximate surface area is 162 Å². The van der Waals surface area contributed by atoms with Crippen LogP contribution in [0.4, 0.5) is 10.9 Å². The number of aryl methyl sites for hydroxylation is 1. The van der Waals surface area contributed by atoms with Gasteiger partial charge in [-0.15, -0.1) is 0 Å². The molecule has 3 aromatic rings. The van der Waals surface area contributed by atoms with Gasteiger partial charge in [0.15, 0.2) is 10.9 Å². The second-order valence-corrected chi connectivity index (χ2v) is 7.28. The molecule has 0 fully saturated rings. The third-order valence-electron chi connectivity index (χ3n) is 3.98. The fourth-order valence-electron chi connectivity index (χ4n) is 2.56. The van der Waals surface area contributed by atoms with Crippen molar-refractivity contribution in [2.24, 2.45) is 0 Å². The van der Waals surface area contributed by atoms with E-state index in [0.29, 0.717) is 34.2 Å². The first-order valence-corrected chi connectivity index (χ1v) is 9.48. The number of thiazole rings is 1. The Morgan fingerprint density at radius 3 is 2.26 bits per heavy atom. The molecule has 0 aliphatic carbocycles. The zero-order chi connectivity index (χ0) is 19.2. The van der Waals surface area contributed by atoms with Crippen LogP contribution in [0, 0.1) is 0 Å². The first kappa shape index (κ1) is 18.8. The highest BCUT2D eigenvalue weighted by molar-refractivity contribution is 7.18. The summed E-state index contributed by atoms with van der Waals surface area (Å²) in [6.07, 6.45) is 0.969. The molecular weight excluding hydrogens is 358 g/mol. The number of ketones is 1. The van der Waals surface area contributed by atoms with Gasteiger partial charge in [0.25, 0.3) is 0 Å². The van der Waals surface area contributed by atoms with Crippen molar-refractivity contribution in [2.75, 3.05) is 24.3 Å². The van der Waals surface area contributed by atoms with E-state index in [9.17, 15) is 9.59 Å². The zero-order valence-electron chi connectivity index (χ0n) is 15.3. The molecule has 5 nitrogen and oxygen atoms in total. The van der Waals surface area contributed by atoms with Crippen molar-refractivity contribution in [3.05, 3.63) is 76.7 Å². The molecule has 0 aliphatic heterocycles. The van der Waals surface area contributed by atoms with Gasteiger partial charge < -0.3 is 10.2 Å². The second-order valence-electron chi connectivity index (χ2n) is 6.30. The number of nitrogens with one attached hydrogen (secondary N) is 1. The van der Waals surface area contributed by atoms with Gasteiger partial charge in [-0.05, 0) is 12.0 Å². The van der Waals surface area contributed by atoms with Crippen molar-refractivity contribution >= 4 is 34.0 Å². The van der Waals surface area contributed by atoms with Gasteiger partial charge in [-0.1, -0.05) is 72.0 Å². The molecule has 0 unspecified atom stereocenters. The number of nitrogens with zero attached hydrogens (tertiary/aromatic N) is 2. The molecule has 0 radical (unpaired) electrons. The first-order chi connectivity index (χ1) is 13.0. The van der Waals surface area contributed by atoms with Gasteiger partial charge in [0.05, 0.1) is 0 Å². The van der Waals surface area contributed by atoms with E-state index in [4.69, 9.17) is 0 Å². The Hall–Kier alpha value is -2.99. The van der Waals surface area contributed by atoms with Gasteiger partial charge in [-0.2, -0.15) is 0 Å². The number of anilines is 2. The number of carbonyl (C=O) groups is 2. The molecule has 0 saturated heterocycles. The minimum absolute atomic E-state index is 0.139. The van der Waals surface area contributed by atoms with Crippen LogP contribution in [0.25, 0.3) is 0 Å². The van der Waals surface area contributed by atoms with Crippen LogP contribution in [0.3, 0.4) is 0 Å². The van der Waals surface area contributed by atoms with Gasteiger partial charge in [0, 0.05) is 26.1 Å². The number of carbonyl (C=O) groups excluding carboxylic acids is 2. The number of hydrogen-bond donors (Lipinski definition) is 1. The number of aromatic nitrogens is 1. The predicted molar refractivity (Wildman–Crippen MR) is 110 cm³/mol. The largest absolute Gasteiger partial charge is 0.354 e. The maximum atomic E-state index is 12.9. The Kier molecular flexibility index (Phi) is 5.98. The molecule has 0 aliphatic rings. The fourth-order valence-corrected chi connectivity index (χ4v) is 3.46. The van der Waals surface area contributed by atoms with Gasteiger partial charge >= 0.3 is 0 Å². The monoisotopic (exact) mass is 379 g/mol. The number of benzene rings is 2. The molecule has 1 aromatic heterocycles. The van der Waals surface area contributed by atoms with Crippen LogP contribution in [0.15, 0.2) is 60.7 Å². The fraction of sp³-hybridized carbons (Fsp3) is 0.190. The Balaban J connectivity index is 1.77. The summed E-state index contributed by atoms with van der Waals surface area (Å²) in [6, 6.07) is 18.9. The molecule has 138 valence electrons. The smallest absolute Gasteiger partial charge is 0.225 e. The van der Waals surface area contributed by atoms with Crippen LogP contribution < -0.4 is 10.2 Å². The summed E-state index contributed by atoms with van der Waals surface area (Å²) < 4.78 is 0. The highest BCUT2D eigenvalue weighted by Crippen LogP contribution is 2.31. The second kappa shape index (κ2) is 8.60. The quantitative estimate of drug-likeness (QED) is 0.630. The summed E-state index contributed by atoms with van der Waals surface area (Å²) in [4.78, 5) is 32.0. The molecule has 27 heavy (non-hydrogen) atoms. The van der Waals surface area contributed by atoms with E-state index in [1.54, 1.807) is 12.1 Å². The van der Waals surface area contributed by atoms with E-state index in [1.165, 1.54) is 11.3 Å².